The van der Waals surface area contributed by atoms with E-state index in [1.165, 1.54) is 66.9 Å². The van der Waals surface area contributed by atoms with E-state index >= 15 is 0 Å². The van der Waals surface area contributed by atoms with Gasteiger partial charge in [-0.05, 0) is 184 Å². The standard InChI is InChI=1S/2C21H22N.2C20H20N/c2*1-15-9-10-18(13-17(15)3)19-11-12-21(22(4)14-19)20-8-6-5-7-16(20)2;2*1-15-8-10-17(11-9-15)18-12-13-20(21(3)14-18)19-7-5-4-6-16(19)2/h2*5-14H,1-4H3;2*4-14H,1-3H3/q4*+1/i3*1D3;. The molecule has 8 aromatic carbocycles. The average Bonchev–Trinajstić information content (AvgIpc) is 0.893. The van der Waals surface area contributed by atoms with E-state index in [0.29, 0.717) is 16.7 Å². The van der Waals surface area contributed by atoms with Gasteiger partial charge in [-0.2, -0.15) is 0 Å². The molecule has 0 spiro atoms. The fourth-order valence-electron chi connectivity index (χ4n) is 10.8. The van der Waals surface area contributed by atoms with Gasteiger partial charge in [-0.3, -0.25) is 0 Å². The molecule has 0 aliphatic carbocycles. The summed E-state index contributed by atoms with van der Waals surface area (Å²) in [5.74, 6) is 0. The molecule has 0 aliphatic heterocycles. The maximum Gasteiger partial charge on any atom is 0.212 e. The van der Waals surface area contributed by atoms with Gasteiger partial charge in [-0.15, -0.1) is 0 Å². The third kappa shape index (κ3) is 14.8. The summed E-state index contributed by atoms with van der Waals surface area (Å²) in [6, 6.07) is 77.3. The molecule has 4 heterocycles. The second kappa shape index (κ2) is 27.8. The SMILES string of the molecule is Cc1ccc(-c2ccc(-c3ccccc3C)[n+](C)c2)cc1.[2H]C([2H])([2H])c1ccc(-c2ccc(-c3ccccc3C)[n+](C)c2)cc1.[2H]C([2H])([2H])c1ccc(-c2ccc(-c3ccccc3C)[n+](C)c2)cc1C.[2H]C([2H])([2H])c1ccc(-c2ccc(-c3ccccc3C)[n+](C)c2)cc1C. The zero-order valence-electron chi connectivity index (χ0n) is 60.5. The van der Waals surface area contributed by atoms with Gasteiger partial charge in [0.2, 0.25) is 22.8 Å². The number of benzene rings is 8. The van der Waals surface area contributed by atoms with Gasteiger partial charge in [0, 0.05) is 81.1 Å². The Morgan fingerprint density at radius 2 is 0.477 bits per heavy atom. The summed E-state index contributed by atoms with van der Waals surface area (Å²) < 4.78 is 76.5. The van der Waals surface area contributed by atoms with Crippen LogP contribution in [0.15, 0.2) is 255 Å². The maximum absolute atomic E-state index is 7.60. The van der Waals surface area contributed by atoms with E-state index in [0.717, 1.165) is 61.6 Å². The van der Waals surface area contributed by atoms with Crippen LogP contribution >= 0.6 is 0 Å². The molecule has 12 rings (SSSR count). The van der Waals surface area contributed by atoms with Crippen molar-refractivity contribution in [2.45, 2.75) is 69.0 Å². The van der Waals surface area contributed by atoms with Crippen LogP contribution in [0.3, 0.4) is 0 Å². The molecule has 0 aliphatic rings. The number of aromatic nitrogens is 4. The average molecular weight is 1130 g/mol. The summed E-state index contributed by atoms with van der Waals surface area (Å²) in [5, 5.41) is 0. The lowest BCUT2D eigenvalue weighted by molar-refractivity contribution is -0.660. The number of rotatable bonds is 8. The summed E-state index contributed by atoms with van der Waals surface area (Å²) >= 11 is 0. The van der Waals surface area contributed by atoms with Crippen LogP contribution in [0.1, 0.15) is 68.0 Å². The minimum Gasteiger partial charge on any atom is -0.200 e. The molecule has 0 fully saturated rings. The topological polar surface area (TPSA) is 15.5 Å². The zero-order chi connectivity index (χ0) is 68.5. The summed E-state index contributed by atoms with van der Waals surface area (Å²) in [5.41, 5.74) is 27.5. The van der Waals surface area contributed by atoms with Crippen molar-refractivity contribution in [3.63, 3.8) is 0 Å². The molecule has 428 valence electrons. The highest BCUT2D eigenvalue weighted by molar-refractivity contribution is 5.71. The lowest BCUT2D eigenvalue weighted by Crippen LogP contribution is -2.30. The highest BCUT2D eigenvalue weighted by atomic mass is 14.9. The van der Waals surface area contributed by atoms with E-state index in [1.54, 1.807) is 24.3 Å². The van der Waals surface area contributed by atoms with Crippen LogP contribution in [0.5, 0.6) is 0 Å². The van der Waals surface area contributed by atoms with E-state index in [1.807, 2.05) is 108 Å². The van der Waals surface area contributed by atoms with Crippen molar-refractivity contribution >= 4 is 0 Å². The van der Waals surface area contributed by atoms with Gasteiger partial charge in [0.1, 0.15) is 28.2 Å². The summed E-state index contributed by atoms with van der Waals surface area (Å²) in [7, 11) is 8.21. The van der Waals surface area contributed by atoms with Gasteiger partial charge < -0.3 is 0 Å². The van der Waals surface area contributed by atoms with Crippen LogP contribution in [-0.2, 0) is 28.2 Å². The molecule has 0 saturated carbocycles. The van der Waals surface area contributed by atoms with Gasteiger partial charge in [0.15, 0.2) is 24.8 Å². The molecule has 0 bridgehead atoms. The Labute approximate surface area is 526 Å². The van der Waals surface area contributed by atoms with Gasteiger partial charge in [-0.25, -0.2) is 18.3 Å². The van der Waals surface area contributed by atoms with E-state index < -0.39 is 20.6 Å². The normalized spacial score (nSPS) is 12.7. The van der Waals surface area contributed by atoms with Gasteiger partial charge in [0.05, 0.1) is 0 Å². The first-order chi connectivity index (χ1) is 45.0. The maximum atomic E-state index is 7.60. The van der Waals surface area contributed by atoms with Crippen molar-refractivity contribution < 1.29 is 30.6 Å². The van der Waals surface area contributed by atoms with Gasteiger partial charge >= 0.3 is 0 Å². The number of hydrogen-bond donors (Lipinski definition) is 0. The fraction of sp³-hybridized carbons (Fsp3) is 0.171. The molecule has 4 nitrogen and oxygen atoms in total. The number of hydrogen-bond acceptors (Lipinski definition) is 0. The predicted molar refractivity (Wildman–Crippen MR) is 361 cm³/mol. The summed E-state index contributed by atoms with van der Waals surface area (Å²) in [6.45, 7) is 8.12. The first-order valence-corrected chi connectivity index (χ1v) is 29.2. The molecule has 0 radical (unpaired) electrons. The molecule has 12 aromatic rings. The first kappa shape index (κ1) is 49.8. The highest BCUT2D eigenvalue weighted by Gasteiger charge is 2.18. The van der Waals surface area contributed by atoms with Crippen LogP contribution in [0.4, 0.5) is 0 Å². The van der Waals surface area contributed by atoms with Crippen LogP contribution in [0.25, 0.3) is 89.5 Å². The molecule has 4 heteroatoms. The minimum atomic E-state index is -2.07. The quantitative estimate of drug-likeness (QED) is 0.135. The Bertz CT molecular complexity index is 4520. The van der Waals surface area contributed by atoms with E-state index in [4.69, 9.17) is 12.3 Å². The lowest BCUT2D eigenvalue weighted by atomic mass is 10.00. The molecule has 0 unspecified atom stereocenters. The molecule has 0 amide bonds. The Morgan fingerprint density at radius 1 is 0.221 bits per heavy atom. The Hall–Kier alpha value is -9.64. The third-order valence-electron chi connectivity index (χ3n) is 15.9. The van der Waals surface area contributed by atoms with Crippen molar-refractivity contribution in [2.75, 3.05) is 0 Å². The summed E-state index contributed by atoms with van der Waals surface area (Å²) in [6.07, 6.45) is 8.45. The molecule has 4 aromatic heterocycles. The van der Waals surface area contributed by atoms with Gasteiger partial charge in [0.25, 0.3) is 0 Å². The van der Waals surface area contributed by atoms with Crippen LogP contribution in [-0.4, -0.2) is 0 Å². The van der Waals surface area contributed by atoms with Crippen molar-refractivity contribution in [3.05, 3.63) is 311 Å². The van der Waals surface area contributed by atoms with Crippen LogP contribution in [0.2, 0.25) is 0 Å². The third-order valence-corrected chi connectivity index (χ3v) is 15.9. The second-order valence-electron chi connectivity index (χ2n) is 22.4. The number of nitrogens with zero attached hydrogens (tertiary/aromatic N) is 4. The van der Waals surface area contributed by atoms with Crippen molar-refractivity contribution in [3.8, 4) is 89.5 Å². The highest BCUT2D eigenvalue weighted by Crippen LogP contribution is 2.29. The Morgan fingerprint density at radius 3 is 0.733 bits per heavy atom. The Balaban J connectivity index is 0.000000149. The van der Waals surface area contributed by atoms with Gasteiger partial charge in [-0.1, -0.05) is 169 Å². The molecule has 0 N–H and O–H groups in total. The minimum absolute atomic E-state index is 0.368. The molecule has 86 heavy (non-hydrogen) atoms. The Kier molecular flexibility index (Phi) is 16.1. The monoisotopic (exact) mass is 1130 g/mol. The van der Waals surface area contributed by atoms with E-state index in [2.05, 4.69) is 218 Å². The molecular weight excluding hydrogens is 1040 g/mol. The lowest BCUT2D eigenvalue weighted by Gasteiger charge is -2.07. The van der Waals surface area contributed by atoms with Crippen molar-refractivity contribution in [1.29, 1.82) is 0 Å². The van der Waals surface area contributed by atoms with Crippen molar-refractivity contribution in [2.24, 2.45) is 28.2 Å². The van der Waals surface area contributed by atoms with Crippen LogP contribution < -0.4 is 18.3 Å². The zero-order valence-corrected chi connectivity index (χ0v) is 51.5. The predicted octanol–water partition coefficient (Wildman–Crippen LogP) is 18.5. The number of aryl methyl sites for hydroxylation is 14. The van der Waals surface area contributed by atoms with Crippen molar-refractivity contribution in [1.82, 2.24) is 0 Å². The molecule has 0 atom stereocenters. The van der Waals surface area contributed by atoms with Crippen LogP contribution in [0, 0.1) is 69.0 Å². The first-order valence-electron chi connectivity index (χ1n) is 33.7. The van der Waals surface area contributed by atoms with E-state index in [9.17, 15) is 0 Å². The molecule has 0 saturated heterocycles. The fourth-order valence-corrected chi connectivity index (χ4v) is 10.8. The molecular formula is C82H84N4+4. The summed E-state index contributed by atoms with van der Waals surface area (Å²) in [4.78, 5) is 0. The smallest absolute Gasteiger partial charge is 0.200 e. The second-order valence-corrected chi connectivity index (χ2v) is 22.4. The largest absolute Gasteiger partial charge is 0.212 e. The van der Waals surface area contributed by atoms with E-state index in [-0.39, 0.29) is 0 Å². The number of pyridine rings is 4.